The van der Waals surface area contributed by atoms with Crippen molar-refractivity contribution in [3.63, 3.8) is 0 Å². The van der Waals surface area contributed by atoms with Gasteiger partial charge in [-0.15, -0.1) is 0 Å². The molecule has 1 heterocycles. The highest BCUT2D eigenvalue weighted by Crippen LogP contribution is 2.33. The predicted molar refractivity (Wildman–Crippen MR) is 86.0 cm³/mol. The van der Waals surface area contributed by atoms with E-state index in [1.165, 1.54) is 0 Å². The van der Waals surface area contributed by atoms with Crippen molar-refractivity contribution in [1.29, 1.82) is 0 Å². The maximum Gasteiger partial charge on any atom is 0.0989 e. The summed E-state index contributed by atoms with van der Waals surface area (Å²) in [5.41, 5.74) is 0.944. The van der Waals surface area contributed by atoms with Gasteiger partial charge in [0, 0.05) is 30.8 Å². The second-order valence-electron chi connectivity index (χ2n) is 5.95. The van der Waals surface area contributed by atoms with Gasteiger partial charge in [-0.2, -0.15) is 0 Å². The molecule has 2 aromatic rings. The van der Waals surface area contributed by atoms with E-state index >= 15 is 0 Å². The van der Waals surface area contributed by atoms with Crippen LogP contribution in [0.1, 0.15) is 18.2 Å². The van der Waals surface area contributed by atoms with Crippen molar-refractivity contribution in [3.8, 4) is 0 Å². The monoisotopic (exact) mass is 284 g/mol. The summed E-state index contributed by atoms with van der Waals surface area (Å²) in [6.07, 6.45) is 2.30. The molecule has 0 unspecified atom stereocenters. The first-order valence-corrected chi connectivity index (χ1v) is 7.35. The molecule has 0 saturated heterocycles. The van der Waals surface area contributed by atoms with Gasteiger partial charge in [-0.3, -0.25) is 4.98 Å². The Kier molecular flexibility index (Phi) is 5.10. The summed E-state index contributed by atoms with van der Waals surface area (Å²) in [5, 5.41) is 11.4. The van der Waals surface area contributed by atoms with Crippen molar-refractivity contribution < 1.29 is 5.11 Å². The van der Waals surface area contributed by atoms with E-state index in [0.717, 1.165) is 17.8 Å². The van der Waals surface area contributed by atoms with Gasteiger partial charge < -0.3 is 10.0 Å². The fraction of sp³-hybridized carbons (Fsp3) is 0.389. The standard InChI is InChI=1S/C18H24N2O/c1-15(14-20(2)3)18(21,16-9-5-4-6-10-16)13-17-11-7-8-12-19-17/h4-12,15,21H,13-14H2,1-3H3/t15-,18+/m0/s1. The molecule has 0 fully saturated rings. The molecule has 1 aromatic heterocycles. The number of aromatic nitrogens is 1. The number of aliphatic hydroxyl groups is 1. The third-order valence-corrected chi connectivity index (χ3v) is 3.90. The Morgan fingerprint density at radius 2 is 1.76 bits per heavy atom. The molecule has 0 amide bonds. The van der Waals surface area contributed by atoms with E-state index in [2.05, 4.69) is 16.8 Å². The van der Waals surface area contributed by atoms with Gasteiger partial charge >= 0.3 is 0 Å². The van der Waals surface area contributed by atoms with E-state index in [9.17, 15) is 5.11 Å². The highest BCUT2D eigenvalue weighted by atomic mass is 16.3. The van der Waals surface area contributed by atoms with Crippen molar-refractivity contribution in [3.05, 3.63) is 66.0 Å². The number of benzene rings is 1. The summed E-state index contributed by atoms with van der Waals surface area (Å²) in [6.45, 7) is 2.91. The van der Waals surface area contributed by atoms with Crippen molar-refractivity contribution >= 4 is 0 Å². The van der Waals surface area contributed by atoms with Crippen LogP contribution in [0.2, 0.25) is 0 Å². The molecule has 2 rings (SSSR count). The Bertz CT molecular complexity index is 542. The van der Waals surface area contributed by atoms with Gasteiger partial charge in [0.2, 0.25) is 0 Å². The zero-order valence-corrected chi connectivity index (χ0v) is 13.0. The van der Waals surface area contributed by atoms with Crippen LogP contribution in [0.25, 0.3) is 0 Å². The van der Waals surface area contributed by atoms with Crippen LogP contribution in [-0.2, 0) is 12.0 Å². The van der Waals surface area contributed by atoms with Crippen LogP contribution in [-0.4, -0.2) is 35.6 Å². The SMILES string of the molecule is C[C@@H](CN(C)C)[C@](O)(Cc1ccccn1)c1ccccc1. The quantitative estimate of drug-likeness (QED) is 0.886. The van der Waals surface area contributed by atoms with E-state index in [1.807, 2.05) is 62.6 Å². The predicted octanol–water partition coefficient (Wildman–Crippen LogP) is 2.71. The molecular formula is C18H24N2O. The number of hydrogen-bond donors (Lipinski definition) is 1. The molecule has 112 valence electrons. The average molecular weight is 284 g/mol. The lowest BCUT2D eigenvalue weighted by molar-refractivity contribution is -0.0262. The Labute approximate surface area is 127 Å². The maximum absolute atomic E-state index is 11.4. The molecule has 21 heavy (non-hydrogen) atoms. The molecule has 2 atom stereocenters. The van der Waals surface area contributed by atoms with E-state index in [0.29, 0.717) is 6.42 Å². The molecule has 0 aliphatic heterocycles. The summed E-state index contributed by atoms with van der Waals surface area (Å²) in [5.74, 6) is 0.0944. The van der Waals surface area contributed by atoms with Crippen LogP contribution in [0.5, 0.6) is 0 Å². The summed E-state index contributed by atoms with van der Waals surface area (Å²) < 4.78 is 0. The average Bonchev–Trinajstić information content (AvgIpc) is 2.48. The van der Waals surface area contributed by atoms with Crippen molar-refractivity contribution in [2.45, 2.75) is 18.9 Å². The smallest absolute Gasteiger partial charge is 0.0989 e. The van der Waals surface area contributed by atoms with Gasteiger partial charge in [0.1, 0.15) is 0 Å². The van der Waals surface area contributed by atoms with E-state index < -0.39 is 5.60 Å². The van der Waals surface area contributed by atoms with E-state index in [4.69, 9.17) is 0 Å². The second-order valence-corrected chi connectivity index (χ2v) is 5.95. The van der Waals surface area contributed by atoms with Gasteiger partial charge in [-0.05, 0) is 31.8 Å². The third kappa shape index (κ3) is 3.90. The fourth-order valence-corrected chi connectivity index (χ4v) is 2.77. The maximum atomic E-state index is 11.4. The van der Waals surface area contributed by atoms with Gasteiger partial charge in [0.05, 0.1) is 5.60 Å². The largest absolute Gasteiger partial charge is 0.384 e. The zero-order valence-electron chi connectivity index (χ0n) is 13.0. The summed E-state index contributed by atoms with van der Waals surface area (Å²) in [6, 6.07) is 15.7. The van der Waals surface area contributed by atoms with Crippen molar-refractivity contribution in [2.75, 3.05) is 20.6 Å². The Balaban J connectivity index is 2.34. The normalized spacial score (nSPS) is 15.7. The zero-order chi connectivity index (χ0) is 15.3. The van der Waals surface area contributed by atoms with Gasteiger partial charge in [-0.25, -0.2) is 0 Å². The van der Waals surface area contributed by atoms with Crippen LogP contribution in [0.3, 0.4) is 0 Å². The second kappa shape index (κ2) is 6.83. The number of rotatable bonds is 6. The molecule has 3 heteroatoms. The highest BCUT2D eigenvalue weighted by molar-refractivity contribution is 5.25. The Hall–Kier alpha value is -1.71. The van der Waals surface area contributed by atoms with E-state index in [1.54, 1.807) is 6.20 Å². The van der Waals surface area contributed by atoms with E-state index in [-0.39, 0.29) is 5.92 Å². The van der Waals surface area contributed by atoms with Crippen molar-refractivity contribution in [2.24, 2.45) is 5.92 Å². The van der Waals surface area contributed by atoms with Gasteiger partial charge in [0.15, 0.2) is 0 Å². The molecule has 0 bridgehead atoms. The summed E-state index contributed by atoms with van der Waals surface area (Å²) in [7, 11) is 4.06. The lowest BCUT2D eigenvalue weighted by Crippen LogP contribution is -2.41. The van der Waals surface area contributed by atoms with Crippen LogP contribution in [0.15, 0.2) is 54.7 Å². The fourth-order valence-electron chi connectivity index (χ4n) is 2.77. The lowest BCUT2D eigenvalue weighted by Gasteiger charge is -2.36. The highest BCUT2D eigenvalue weighted by Gasteiger charge is 2.36. The molecule has 1 N–H and O–H groups in total. The first-order chi connectivity index (χ1) is 10.0. The molecule has 0 aliphatic carbocycles. The van der Waals surface area contributed by atoms with Crippen LogP contribution < -0.4 is 0 Å². The molecule has 0 spiro atoms. The summed E-state index contributed by atoms with van der Waals surface area (Å²) >= 11 is 0. The molecular weight excluding hydrogens is 260 g/mol. The lowest BCUT2D eigenvalue weighted by atomic mass is 9.78. The molecule has 0 radical (unpaired) electrons. The molecule has 0 aliphatic rings. The van der Waals surface area contributed by atoms with Crippen LogP contribution in [0, 0.1) is 5.92 Å². The first-order valence-electron chi connectivity index (χ1n) is 7.35. The van der Waals surface area contributed by atoms with Crippen LogP contribution in [0.4, 0.5) is 0 Å². The molecule has 3 nitrogen and oxygen atoms in total. The molecule has 0 saturated carbocycles. The minimum absolute atomic E-state index is 0.0944. The number of pyridine rings is 1. The minimum Gasteiger partial charge on any atom is -0.384 e. The molecule has 1 aromatic carbocycles. The summed E-state index contributed by atoms with van der Waals surface area (Å²) in [4.78, 5) is 6.49. The topological polar surface area (TPSA) is 36.4 Å². The Morgan fingerprint density at radius 3 is 2.33 bits per heavy atom. The number of hydrogen-bond acceptors (Lipinski definition) is 3. The van der Waals surface area contributed by atoms with Gasteiger partial charge in [-0.1, -0.05) is 43.3 Å². The van der Waals surface area contributed by atoms with Gasteiger partial charge in [0.25, 0.3) is 0 Å². The minimum atomic E-state index is -0.917. The number of nitrogens with zero attached hydrogens (tertiary/aromatic N) is 2. The van der Waals surface area contributed by atoms with Crippen LogP contribution >= 0.6 is 0 Å². The third-order valence-electron chi connectivity index (χ3n) is 3.90. The van der Waals surface area contributed by atoms with Crippen molar-refractivity contribution in [1.82, 2.24) is 9.88 Å². The Morgan fingerprint density at radius 1 is 1.10 bits per heavy atom. The first kappa shape index (κ1) is 15.7.